The number of rotatable bonds is 3. The van der Waals surface area contributed by atoms with Crippen molar-refractivity contribution in [3.8, 4) is 0 Å². The van der Waals surface area contributed by atoms with Gasteiger partial charge in [-0.2, -0.15) is 0 Å². The van der Waals surface area contributed by atoms with Gasteiger partial charge < -0.3 is 9.64 Å². The first-order valence-corrected chi connectivity index (χ1v) is 7.36. The number of amides is 3. The summed E-state index contributed by atoms with van der Waals surface area (Å²) in [5.74, 6) is -0.273. The molecule has 0 aromatic heterocycles. The molecule has 112 valence electrons. The molecule has 3 rings (SSSR count). The minimum Gasteiger partial charge on any atom is -0.373 e. The van der Waals surface area contributed by atoms with Crippen LogP contribution in [0.2, 0.25) is 0 Å². The molecule has 0 bridgehead atoms. The maximum atomic E-state index is 12.3. The van der Waals surface area contributed by atoms with Gasteiger partial charge in [0, 0.05) is 0 Å². The minimum atomic E-state index is -0.965. The third-order valence-corrected chi connectivity index (χ3v) is 4.49. The summed E-state index contributed by atoms with van der Waals surface area (Å²) in [6.45, 7) is 4.26. The summed E-state index contributed by atoms with van der Waals surface area (Å²) in [6.07, 6.45) is 2.14. The van der Waals surface area contributed by atoms with Crippen LogP contribution in [0, 0.1) is 0 Å². The van der Waals surface area contributed by atoms with Crippen molar-refractivity contribution in [1.82, 2.24) is 10.2 Å². The van der Waals surface area contributed by atoms with E-state index in [2.05, 4.69) is 5.32 Å². The van der Waals surface area contributed by atoms with Gasteiger partial charge in [0.2, 0.25) is 0 Å². The zero-order valence-corrected chi connectivity index (χ0v) is 12.3. The van der Waals surface area contributed by atoms with E-state index in [-0.39, 0.29) is 24.1 Å². The molecule has 0 radical (unpaired) electrons. The minimum absolute atomic E-state index is 0.000290. The number of ether oxygens (including phenoxy) is 1. The summed E-state index contributed by atoms with van der Waals surface area (Å²) in [5, 5.41) is 2.43. The van der Waals surface area contributed by atoms with E-state index >= 15 is 0 Å². The van der Waals surface area contributed by atoms with Crippen molar-refractivity contribution in [3.05, 3.63) is 35.9 Å². The third-order valence-electron chi connectivity index (χ3n) is 4.49. The summed E-state index contributed by atoms with van der Waals surface area (Å²) in [6, 6.07) is 9.07. The van der Waals surface area contributed by atoms with E-state index in [1.165, 1.54) is 0 Å². The van der Waals surface area contributed by atoms with Crippen molar-refractivity contribution < 1.29 is 14.3 Å². The molecule has 2 fully saturated rings. The highest BCUT2D eigenvalue weighted by atomic mass is 16.5. The van der Waals surface area contributed by atoms with Crippen LogP contribution in [-0.2, 0) is 15.1 Å². The lowest BCUT2D eigenvalue weighted by atomic mass is 9.90. The second-order valence-electron chi connectivity index (χ2n) is 5.95. The molecule has 2 saturated heterocycles. The quantitative estimate of drug-likeness (QED) is 0.866. The second-order valence-corrected chi connectivity index (χ2v) is 5.95. The van der Waals surface area contributed by atoms with Gasteiger partial charge in [0.25, 0.3) is 5.91 Å². The first kappa shape index (κ1) is 14.1. The number of hydrogen-bond acceptors (Lipinski definition) is 3. The topological polar surface area (TPSA) is 58.6 Å². The molecular formula is C16H20N2O3. The summed E-state index contributed by atoms with van der Waals surface area (Å²) < 4.78 is 5.80. The number of hydrogen-bond donors (Lipinski definition) is 1. The highest BCUT2D eigenvalue weighted by molar-refractivity contribution is 6.07. The Balaban J connectivity index is 1.89. The van der Waals surface area contributed by atoms with Gasteiger partial charge >= 0.3 is 6.03 Å². The highest BCUT2D eigenvalue weighted by Gasteiger charge is 2.51. The van der Waals surface area contributed by atoms with Crippen LogP contribution >= 0.6 is 0 Å². The van der Waals surface area contributed by atoms with Gasteiger partial charge in [0.05, 0.1) is 18.8 Å². The molecular weight excluding hydrogens is 268 g/mol. The zero-order chi connectivity index (χ0) is 15.0. The molecule has 5 nitrogen and oxygen atoms in total. The predicted molar refractivity (Wildman–Crippen MR) is 77.6 cm³/mol. The molecule has 3 unspecified atom stereocenters. The lowest BCUT2D eigenvalue weighted by molar-refractivity contribution is -0.126. The zero-order valence-electron chi connectivity index (χ0n) is 12.3. The van der Waals surface area contributed by atoms with E-state index in [9.17, 15) is 9.59 Å². The molecule has 1 aromatic carbocycles. The maximum Gasteiger partial charge on any atom is 0.325 e. The van der Waals surface area contributed by atoms with Gasteiger partial charge in [0.15, 0.2) is 0 Å². The molecule has 3 amide bonds. The average molecular weight is 288 g/mol. The summed E-state index contributed by atoms with van der Waals surface area (Å²) in [4.78, 5) is 26.1. The Labute approximate surface area is 124 Å². The number of imide groups is 1. The molecule has 5 heteroatoms. The largest absolute Gasteiger partial charge is 0.373 e. The Morgan fingerprint density at radius 2 is 2.00 bits per heavy atom. The van der Waals surface area contributed by atoms with Gasteiger partial charge in [-0.3, -0.25) is 10.1 Å². The van der Waals surface area contributed by atoms with Crippen molar-refractivity contribution in [2.24, 2.45) is 0 Å². The molecule has 21 heavy (non-hydrogen) atoms. The van der Waals surface area contributed by atoms with Crippen molar-refractivity contribution in [1.29, 1.82) is 0 Å². The van der Waals surface area contributed by atoms with Crippen LogP contribution in [0.1, 0.15) is 32.3 Å². The Bertz CT molecular complexity index is 560. The van der Waals surface area contributed by atoms with Gasteiger partial charge in [-0.25, -0.2) is 4.79 Å². The predicted octanol–water partition coefficient (Wildman–Crippen LogP) is 2.02. The monoisotopic (exact) mass is 288 g/mol. The van der Waals surface area contributed by atoms with Crippen molar-refractivity contribution >= 4 is 11.9 Å². The smallest absolute Gasteiger partial charge is 0.325 e. The SMILES string of the molecule is CC1CCC(CN2C(=O)NC(=O)C2(C)c2ccccc2)O1. The van der Waals surface area contributed by atoms with Crippen LogP contribution in [0.25, 0.3) is 0 Å². The Kier molecular flexibility index (Phi) is 3.45. The van der Waals surface area contributed by atoms with E-state index in [1.807, 2.05) is 37.3 Å². The van der Waals surface area contributed by atoms with Crippen LogP contribution in [-0.4, -0.2) is 35.6 Å². The number of nitrogens with one attached hydrogen (secondary N) is 1. The van der Waals surface area contributed by atoms with Crippen LogP contribution in [0.4, 0.5) is 4.79 Å². The summed E-state index contributed by atoms with van der Waals surface area (Å²) in [5.41, 5.74) is -0.146. The van der Waals surface area contributed by atoms with Crippen molar-refractivity contribution in [2.45, 2.75) is 44.4 Å². The second kappa shape index (κ2) is 5.15. The molecule has 2 aliphatic rings. The van der Waals surface area contributed by atoms with E-state index in [0.717, 1.165) is 18.4 Å². The Morgan fingerprint density at radius 3 is 2.62 bits per heavy atom. The molecule has 3 atom stereocenters. The van der Waals surface area contributed by atoms with Crippen LogP contribution in [0.15, 0.2) is 30.3 Å². The first-order valence-electron chi connectivity index (χ1n) is 7.36. The van der Waals surface area contributed by atoms with E-state index < -0.39 is 5.54 Å². The Morgan fingerprint density at radius 1 is 1.29 bits per heavy atom. The van der Waals surface area contributed by atoms with Crippen molar-refractivity contribution in [2.75, 3.05) is 6.54 Å². The first-order chi connectivity index (χ1) is 10.0. The lowest BCUT2D eigenvalue weighted by Gasteiger charge is -2.33. The van der Waals surface area contributed by atoms with Gasteiger partial charge in [0.1, 0.15) is 5.54 Å². The fourth-order valence-electron chi connectivity index (χ4n) is 3.15. The van der Waals surface area contributed by atoms with Gasteiger partial charge in [-0.1, -0.05) is 30.3 Å². The summed E-state index contributed by atoms with van der Waals surface area (Å²) >= 11 is 0. The fraction of sp³-hybridized carbons (Fsp3) is 0.500. The molecule has 2 aliphatic heterocycles. The molecule has 1 N–H and O–H groups in total. The summed E-state index contributed by atoms with van der Waals surface area (Å²) in [7, 11) is 0. The van der Waals surface area contributed by atoms with E-state index in [4.69, 9.17) is 4.74 Å². The van der Waals surface area contributed by atoms with E-state index in [0.29, 0.717) is 6.54 Å². The molecule has 1 aromatic rings. The third kappa shape index (κ3) is 2.31. The van der Waals surface area contributed by atoms with E-state index in [1.54, 1.807) is 11.8 Å². The highest BCUT2D eigenvalue weighted by Crippen LogP contribution is 2.34. The Hall–Kier alpha value is -1.88. The van der Waals surface area contributed by atoms with Gasteiger partial charge in [-0.05, 0) is 32.3 Å². The van der Waals surface area contributed by atoms with Gasteiger partial charge in [-0.15, -0.1) is 0 Å². The number of benzene rings is 1. The normalized spacial score (nSPS) is 32.6. The van der Waals surface area contributed by atoms with Crippen LogP contribution in [0.3, 0.4) is 0 Å². The standard InChI is InChI=1S/C16H20N2O3/c1-11-8-9-13(21-11)10-18-15(20)17-14(19)16(18,2)12-6-4-3-5-7-12/h3-7,11,13H,8-10H2,1-2H3,(H,17,19,20). The molecule has 0 aliphatic carbocycles. The average Bonchev–Trinajstić information content (AvgIpc) is 2.98. The molecule has 0 saturated carbocycles. The molecule has 0 spiro atoms. The van der Waals surface area contributed by atoms with Crippen molar-refractivity contribution in [3.63, 3.8) is 0 Å². The lowest BCUT2D eigenvalue weighted by Crippen LogP contribution is -2.47. The fourth-order valence-corrected chi connectivity index (χ4v) is 3.15. The number of carbonyl (C=O) groups excluding carboxylic acids is 2. The molecule has 2 heterocycles. The maximum absolute atomic E-state index is 12.3. The van der Waals surface area contributed by atoms with Crippen LogP contribution in [0.5, 0.6) is 0 Å². The number of nitrogens with zero attached hydrogens (tertiary/aromatic N) is 1. The number of carbonyl (C=O) groups is 2. The number of urea groups is 1. The van der Waals surface area contributed by atoms with Crippen LogP contribution < -0.4 is 5.32 Å².